The van der Waals surface area contributed by atoms with Gasteiger partial charge in [-0.05, 0) is 31.1 Å². The van der Waals surface area contributed by atoms with Crippen molar-refractivity contribution in [1.29, 1.82) is 0 Å². The smallest absolute Gasteiger partial charge is 0.407 e. The number of ether oxygens (including phenoxy) is 1. The van der Waals surface area contributed by atoms with Gasteiger partial charge in [-0.2, -0.15) is 0 Å². The largest absolute Gasteiger partial charge is 0.442 e. The average Bonchev–Trinajstić information content (AvgIpc) is 2.28. The lowest BCUT2D eigenvalue weighted by molar-refractivity contribution is 0.129. The predicted octanol–water partition coefficient (Wildman–Crippen LogP) is 2.75. The summed E-state index contributed by atoms with van der Waals surface area (Å²) < 4.78 is 5.02. The minimum Gasteiger partial charge on any atom is -0.442 e. The zero-order valence-electron chi connectivity index (χ0n) is 9.86. The first-order valence-corrected chi connectivity index (χ1v) is 5.25. The molecule has 3 nitrogen and oxygen atoms in total. The van der Waals surface area contributed by atoms with Gasteiger partial charge in [0, 0.05) is 7.05 Å². The average molecular weight is 219 g/mol. The summed E-state index contributed by atoms with van der Waals surface area (Å²) >= 11 is 0. The Morgan fingerprint density at radius 3 is 2.75 bits per heavy atom. The molecule has 0 saturated heterocycles. The lowest BCUT2D eigenvalue weighted by Crippen LogP contribution is -2.23. The van der Waals surface area contributed by atoms with Crippen molar-refractivity contribution in [3.05, 3.63) is 41.5 Å². The van der Waals surface area contributed by atoms with Crippen LogP contribution in [0.15, 0.2) is 30.3 Å². The van der Waals surface area contributed by atoms with Crippen LogP contribution in [0.5, 0.6) is 0 Å². The van der Waals surface area contributed by atoms with Crippen LogP contribution in [0.1, 0.15) is 18.1 Å². The second-order valence-corrected chi connectivity index (χ2v) is 3.58. The standard InChI is InChI=1S/C13H17NO2/c1-10-6-4-5-7-12(10)9-8-11(2)16-13(15)14-3/h4-9,11H,1-3H3,(H,14,15)/b9-8+. The molecule has 16 heavy (non-hydrogen) atoms. The van der Waals surface area contributed by atoms with E-state index in [1.165, 1.54) is 5.56 Å². The third-order valence-corrected chi connectivity index (χ3v) is 2.23. The summed E-state index contributed by atoms with van der Waals surface area (Å²) in [6, 6.07) is 8.05. The van der Waals surface area contributed by atoms with Crippen molar-refractivity contribution in [3.63, 3.8) is 0 Å². The minimum atomic E-state index is -0.415. The van der Waals surface area contributed by atoms with Gasteiger partial charge in [0.15, 0.2) is 0 Å². The third-order valence-electron chi connectivity index (χ3n) is 2.23. The minimum absolute atomic E-state index is 0.237. The van der Waals surface area contributed by atoms with Gasteiger partial charge >= 0.3 is 6.09 Å². The maximum atomic E-state index is 10.9. The summed E-state index contributed by atoms with van der Waals surface area (Å²) in [5.41, 5.74) is 2.33. The molecule has 1 amide bonds. The van der Waals surface area contributed by atoms with E-state index in [1.54, 1.807) is 7.05 Å². The molecule has 1 atom stereocenters. The predicted molar refractivity (Wildman–Crippen MR) is 65.2 cm³/mol. The van der Waals surface area contributed by atoms with Crippen LogP contribution in [0, 0.1) is 6.92 Å². The molecule has 1 aromatic carbocycles. The SMILES string of the molecule is CNC(=O)OC(C)/C=C/c1ccccc1C. The Kier molecular flexibility index (Phi) is 4.58. The van der Waals surface area contributed by atoms with Crippen LogP contribution in [0.3, 0.4) is 0 Å². The molecule has 0 saturated carbocycles. The van der Waals surface area contributed by atoms with Gasteiger partial charge in [-0.25, -0.2) is 4.79 Å². The first kappa shape index (κ1) is 12.3. The van der Waals surface area contributed by atoms with E-state index in [9.17, 15) is 4.79 Å². The van der Waals surface area contributed by atoms with Gasteiger partial charge in [0.1, 0.15) is 6.10 Å². The van der Waals surface area contributed by atoms with Crippen molar-refractivity contribution in [2.75, 3.05) is 7.05 Å². The van der Waals surface area contributed by atoms with E-state index < -0.39 is 6.09 Å². The van der Waals surface area contributed by atoms with Gasteiger partial charge in [-0.1, -0.05) is 30.3 Å². The number of carbonyl (C=O) groups is 1. The molecule has 0 aromatic heterocycles. The maximum Gasteiger partial charge on any atom is 0.407 e. The summed E-state index contributed by atoms with van der Waals surface area (Å²) in [5.74, 6) is 0. The molecular weight excluding hydrogens is 202 g/mol. The molecule has 0 aliphatic heterocycles. The molecule has 0 spiro atoms. The van der Waals surface area contributed by atoms with Crippen LogP contribution in [0.25, 0.3) is 6.08 Å². The number of aryl methyl sites for hydroxylation is 1. The van der Waals surface area contributed by atoms with Crippen LogP contribution in [0.4, 0.5) is 4.79 Å². The fourth-order valence-corrected chi connectivity index (χ4v) is 1.28. The van der Waals surface area contributed by atoms with Gasteiger partial charge in [0.25, 0.3) is 0 Å². The number of hydrogen-bond acceptors (Lipinski definition) is 2. The lowest BCUT2D eigenvalue weighted by atomic mass is 10.1. The fourth-order valence-electron chi connectivity index (χ4n) is 1.28. The van der Waals surface area contributed by atoms with Gasteiger partial charge < -0.3 is 10.1 Å². The summed E-state index contributed by atoms with van der Waals surface area (Å²) in [6.45, 7) is 3.87. The number of alkyl carbamates (subject to hydrolysis) is 1. The van der Waals surface area contributed by atoms with Crippen LogP contribution in [0.2, 0.25) is 0 Å². The van der Waals surface area contributed by atoms with Crippen molar-refractivity contribution in [2.45, 2.75) is 20.0 Å². The number of hydrogen-bond donors (Lipinski definition) is 1. The number of nitrogens with one attached hydrogen (secondary N) is 1. The summed E-state index contributed by atoms with van der Waals surface area (Å²) in [5, 5.41) is 2.41. The zero-order chi connectivity index (χ0) is 12.0. The summed E-state index contributed by atoms with van der Waals surface area (Å²) in [6.07, 6.45) is 3.17. The van der Waals surface area contributed by atoms with E-state index in [0.29, 0.717) is 0 Å². The molecule has 1 unspecified atom stereocenters. The van der Waals surface area contributed by atoms with Gasteiger partial charge in [0.05, 0.1) is 0 Å². The Bertz CT molecular complexity index is 385. The maximum absolute atomic E-state index is 10.9. The second-order valence-electron chi connectivity index (χ2n) is 3.58. The van der Waals surface area contributed by atoms with Gasteiger partial charge in [-0.15, -0.1) is 0 Å². The normalized spacial score (nSPS) is 12.4. The van der Waals surface area contributed by atoms with Gasteiger partial charge in [0.2, 0.25) is 0 Å². The Hall–Kier alpha value is -1.77. The zero-order valence-corrected chi connectivity index (χ0v) is 9.86. The van der Waals surface area contributed by atoms with E-state index in [1.807, 2.05) is 50.3 Å². The fraction of sp³-hybridized carbons (Fsp3) is 0.308. The van der Waals surface area contributed by atoms with Crippen LogP contribution >= 0.6 is 0 Å². The molecule has 1 N–H and O–H groups in total. The van der Waals surface area contributed by atoms with E-state index in [4.69, 9.17) is 4.74 Å². The van der Waals surface area contributed by atoms with Crippen molar-refractivity contribution < 1.29 is 9.53 Å². The molecule has 3 heteroatoms. The third kappa shape index (κ3) is 3.77. The highest BCUT2D eigenvalue weighted by Gasteiger charge is 2.02. The molecule has 86 valence electrons. The lowest BCUT2D eigenvalue weighted by Gasteiger charge is -2.08. The molecule has 1 aromatic rings. The first-order chi connectivity index (χ1) is 7.63. The highest BCUT2D eigenvalue weighted by Crippen LogP contribution is 2.09. The first-order valence-electron chi connectivity index (χ1n) is 5.25. The molecule has 1 rings (SSSR count). The molecule has 0 heterocycles. The Labute approximate surface area is 96.1 Å². The van der Waals surface area contributed by atoms with Crippen LogP contribution in [-0.4, -0.2) is 19.2 Å². The molecule has 0 bridgehead atoms. The Balaban J connectivity index is 2.60. The monoisotopic (exact) mass is 219 g/mol. The number of benzene rings is 1. The van der Waals surface area contributed by atoms with Crippen LogP contribution < -0.4 is 5.32 Å². The quantitative estimate of drug-likeness (QED) is 0.848. The molecule has 0 aliphatic rings. The molecular formula is C13H17NO2. The molecule has 0 aliphatic carbocycles. The molecule has 0 fully saturated rings. The van der Waals surface area contributed by atoms with Crippen molar-refractivity contribution in [2.24, 2.45) is 0 Å². The van der Waals surface area contributed by atoms with E-state index in [0.717, 1.165) is 5.56 Å². The second kappa shape index (κ2) is 5.95. The number of carbonyl (C=O) groups excluding carboxylic acids is 1. The van der Waals surface area contributed by atoms with Crippen molar-refractivity contribution in [1.82, 2.24) is 5.32 Å². The van der Waals surface area contributed by atoms with Crippen molar-refractivity contribution >= 4 is 12.2 Å². The Morgan fingerprint density at radius 1 is 1.44 bits per heavy atom. The van der Waals surface area contributed by atoms with E-state index in [2.05, 4.69) is 5.32 Å². The summed E-state index contributed by atoms with van der Waals surface area (Å²) in [4.78, 5) is 10.9. The Morgan fingerprint density at radius 2 is 2.12 bits per heavy atom. The highest BCUT2D eigenvalue weighted by molar-refractivity contribution is 5.67. The van der Waals surface area contributed by atoms with E-state index in [-0.39, 0.29) is 6.10 Å². The highest BCUT2D eigenvalue weighted by atomic mass is 16.6. The summed E-state index contributed by atoms with van der Waals surface area (Å²) in [7, 11) is 1.54. The number of rotatable bonds is 3. The molecule has 0 radical (unpaired) electrons. The topological polar surface area (TPSA) is 38.3 Å². The number of amides is 1. The van der Waals surface area contributed by atoms with E-state index >= 15 is 0 Å². The van der Waals surface area contributed by atoms with Crippen LogP contribution in [-0.2, 0) is 4.74 Å². The van der Waals surface area contributed by atoms with Gasteiger partial charge in [-0.3, -0.25) is 0 Å². The van der Waals surface area contributed by atoms with Crippen molar-refractivity contribution in [3.8, 4) is 0 Å².